The van der Waals surface area contributed by atoms with Crippen molar-refractivity contribution in [2.75, 3.05) is 12.3 Å². The van der Waals surface area contributed by atoms with Gasteiger partial charge in [-0.05, 0) is 6.42 Å². The third kappa shape index (κ3) is 4.73. The van der Waals surface area contributed by atoms with Gasteiger partial charge in [-0.3, -0.25) is 0 Å². The number of rotatable bonds is 7. The van der Waals surface area contributed by atoms with Crippen LogP contribution in [0, 0.1) is 0 Å². The minimum absolute atomic E-state index is 0.0541. The Morgan fingerprint density at radius 3 is 2.94 bits per heavy atom. The summed E-state index contributed by atoms with van der Waals surface area (Å²) in [7, 11) is -3.38. The van der Waals surface area contributed by atoms with E-state index in [2.05, 4.69) is 17.2 Å². The van der Waals surface area contributed by atoms with Gasteiger partial charge in [0.2, 0.25) is 10.0 Å². The summed E-state index contributed by atoms with van der Waals surface area (Å²) in [6.45, 7) is 3.92. The fourth-order valence-electron chi connectivity index (χ4n) is 1.37. The molecule has 0 saturated carbocycles. The Kier molecular flexibility index (Phi) is 4.91. The van der Waals surface area contributed by atoms with Crippen LogP contribution in [0.4, 0.5) is 0 Å². The molecule has 16 heavy (non-hydrogen) atoms. The highest BCUT2D eigenvalue weighted by molar-refractivity contribution is 7.89. The van der Waals surface area contributed by atoms with Gasteiger partial charge in [0, 0.05) is 25.5 Å². The van der Waals surface area contributed by atoms with Crippen molar-refractivity contribution in [3.8, 4) is 0 Å². The minimum atomic E-state index is -3.38. The van der Waals surface area contributed by atoms with Crippen LogP contribution in [0.15, 0.2) is 12.4 Å². The number of primary sulfonamides is 1. The largest absolute Gasteiger partial charge is 0.334 e. The number of hydrogen-bond acceptors (Lipinski definition) is 4. The zero-order valence-corrected chi connectivity index (χ0v) is 10.2. The lowest BCUT2D eigenvalue weighted by Gasteiger charge is -2.07. The zero-order valence-electron chi connectivity index (χ0n) is 9.39. The molecule has 0 amide bonds. The molecule has 0 unspecified atom stereocenters. The molecule has 0 bridgehead atoms. The number of aromatic nitrogens is 2. The molecule has 0 atom stereocenters. The minimum Gasteiger partial charge on any atom is -0.334 e. The van der Waals surface area contributed by atoms with Gasteiger partial charge in [0.1, 0.15) is 5.82 Å². The molecule has 7 heteroatoms. The van der Waals surface area contributed by atoms with Crippen LogP contribution in [0.2, 0.25) is 0 Å². The quantitative estimate of drug-likeness (QED) is 0.645. The van der Waals surface area contributed by atoms with E-state index in [0.717, 1.165) is 18.8 Å². The van der Waals surface area contributed by atoms with Crippen molar-refractivity contribution >= 4 is 10.0 Å². The first-order chi connectivity index (χ1) is 7.53. The van der Waals surface area contributed by atoms with Crippen LogP contribution in [-0.4, -0.2) is 30.3 Å². The zero-order chi connectivity index (χ0) is 12.0. The van der Waals surface area contributed by atoms with Gasteiger partial charge in [-0.1, -0.05) is 6.92 Å². The third-order valence-corrected chi connectivity index (χ3v) is 2.89. The van der Waals surface area contributed by atoms with Crippen molar-refractivity contribution in [3.63, 3.8) is 0 Å². The fourth-order valence-corrected chi connectivity index (χ4v) is 1.80. The topological polar surface area (TPSA) is 90.0 Å². The normalized spacial score (nSPS) is 11.9. The first kappa shape index (κ1) is 13.1. The van der Waals surface area contributed by atoms with Crippen molar-refractivity contribution in [3.05, 3.63) is 18.2 Å². The molecule has 6 nitrogen and oxygen atoms in total. The molecule has 1 rings (SSSR count). The summed E-state index contributed by atoms with van der Waals surface area (Å²) in [5.74, 6) is 0.859. The van der Waals surface area contributed by atoms with Crippen molar-refractivity contribution in [1.29, 1.82) is 0 Å². The maximum absolute atomic E-state index is 10.7. The van der Waals surface area contributed by atoms with Gasteiger partial charge in [-0.25, -0.2) is 18.5 Å². The average Bonchev–Trinajstić information content (AvgIpc) is 2.60. The summed E-state index contributed by atoms with van der Waals surface area (Å²) in [4.78, 5) is 4.19. The molecule has 0 radical (unpaired) electrons. The van der Waals surface area contributed by atoms with E-state index >= 15 is 0 Å². The van der Waals surface area contributed by atoms with Crippen LogP contribution in [0.5, 0.6) is 0 Å². The smallest absolute Gasteiger partial charge is 0.210 e. The van der Waals surface area contributed by atoms with Crippen molar-refractivity contribution in [2.45, 2.75) is 26.4 Å². The molecule has 1 heterocycles. The number of sulfonamides is 1. The summed E-state index contributed by atoms with van der Waals surface area (Å²) in [5, 5.41) is 7.88. The third-order valence-electron chi connectivity index (χ3n) is 2.11. The Morgan fingerprint density at radius 1 is 1.56 bits per heavy atom. The van der Waals surface area contributed by atoms with Gasteiger partial charge in [0.15, 0.2) is 0 Å². The number of aryl methyl sites for hydroxylation is 1. The second kappa shape index (κ2) is 5.97. The fraction of sp³-hybridized carbons (Fsp3) is 0.667. The molecular weight excluding hydrogens is 228 g/mol. The summed E-state index contributed by atoms with van der Waals surface area (Å²) in [5.41, 5.74) is 0. The molecule has 92 valence electrons. The van der Waals surface area contributed by atoms with Crippen molar-refractivity contribution in [1.82, 2.24) is 14.9 Å². The highest BCUT2D eigenvalue weighted by atomic mass is 32.2. The van der Waals surface area contributed by atoms with Gasteiger partial charge < -0.3 is 9.88 Å². The first-order valence-corrected chi connectivity index (χ1v) is 6.95. The number of nitrogens with one attached hydrogen (secondary N) is 1. The summed E-state index contributed by atoms with van der Waals surface area (Å²) in [6, 6.07) is 0. The van der Waals surface area contributed by atoms with E-state index in [1.165, 1.54) is 0 Å². The van der Waals surface area contributed by atoms with Crippen molar-refractivity contribution in [2.24, 2.45) is 5.14 Å². The molecule has 0 aliphatic carbocycles. The molecular formula is C9H18N4O2S. The number of nitrogens with zero attached hydrogens (tertiary/aromatic N) is 2. The van der Waals surface area contributed by atoms with Crippen LogP contribution in [-0.2, 0) is 23.1 Å². The highest BCUT2D eigenvalue weighted by Crippen LogP contribution is 1.98. The first-order valence-electron chi connectivity index (χ1n) is 5.24. The summed E-state index contributed by atoms with van der Waals surface area (Å²) >= 11 is 0. The molecule has 1 aromatic rings. The van der Waals surface area contributed by atoms with E-state index in [9.17, 15) is 8.42 Å². The standard InChI is InChI=1S/C9H18N4O2S/c1-2-5-13-6-3-12-9(13)8-11-4-7-16(10,14)15/h3,6,11H,2,4-5,7-8H2,1H3,(H2,10,14,15). The maximum Gasteiger partial charge on any atom is 0.210 e. The Balaban J connectivity index is 2.34. The van der Waals surface area contributed by atoms with E-state index < -0.39 is 10.0 Å². The molecule has 0 fully saturated rings. The van der Waals surface area contributed by atoms with E-state index in [-0.39, 0.29) is 5.75 Å². The van der Waals surface area contributed by atoms with Gasteiger partial charge in [-0.2, -0.15) is 0 Å². The van der Waals surface area contributed by atoms with Gasteiger partial charge in [-0.15, -0.1) is 0 Å². The van der Waals surface area contributed by atoms with Crippen LogP contribution >= 0.6 is 0 Å². The van der Waals surface area contributed by atoms with Crippen LogP contribution in [0.25, 0.3) is 0 Å². The number of hydrogen-bond donors (Lipinski definition) is 2. The lowest BCUT2D eigenvalue weighted by Crippen LogP contribution is -2.27. The Labute approximate surface area is 95.9 Å². The second-order valence-corrected chi connectivity index (χ2v) is 5.31. The van der Waals surface area contributed by atoms with Crippen LogP contribution in [0.1, 0.15) is 19.2 Å². The highest BCUT2D eigenvalue weighted by Gasteiger charge is 2.04. The number of nitrogens with two attached hydrogens (primary N) is 1. The Morgan fingerprint density at radius 2 is 2.31 bits per heavy atom. The average molecular weight is 246 g/mol. The van der Waals surface area contributed by atoms with Crippen LogP contribution in [0.3, 0.4) is 0 Å². The molecule has 0 aromatic carbocycles. The lowest BCUT2D eigenvalue weighted by molar-refractivity contribution is 0.581. The van der Waals surface area contributed by atoms with Gasteiger partial charge >= 0.3 is 0 Å². The SMILES string of the molecule is CCCn1ccnc1CNCCS(N)(=O)=O. The van der Waals surface area contributed by atoms with E-state index in [4.69, 9.17) is 5.14 Å². The molecule has 1 aromatic heterocycles. The second-order valence-electron chi connectivity index (χ2n) is 3.58. The summed E-state index contributed by atoms with van der Waals surface area (Å²) in [6.07, 6.45) is 4.70. The molecule has 0 aliphatic heterocycles. The predicted octanol–water partition coefficient (Wildman–Crippen LogP) is -0.329. The van der Waals surface area contributed by atoms with Crippen LogP contribution < -0.4 is 10.5 Å². The van der Waals surface area contributed by atoms with Crippen molar-refractivity contribution < 1.29 is 8.42 Å². The van der Waals surface area contributed by atoms with E-state index in [0.29, 0.717) is 13.1 Å². The Bertz CT molecular complexity index is 413. The maximum atomic E-state index is 10.7. The Hall–Kier alpha value is -0.920. The van der Waals surface area contributed by atoms with Gasteiger partial charge in [0.05, 0.1) is 12.3 Å². The molecule has 0 spiro atoms. The lowest BCUT2D eigenvalue weighted by atomic mass is 10.4. The van der Waals surface area contributed by atoms with E-state index in [1.54, 1.807) is 6.20 Å². The monoisotopic (exact) mass is 246 g/mol. The summed E-state index contributed by atoms with van der Waals surface area (Å²) < 4.78 is 23.4. The molecule has 0 aliphatic rings. The molecule has 0 saturated heterocycles. The van der Waals surface area contributed by atoms with Gasteiger partial charge in [0.25, 0.3) is 0 Å². The predicted molar refractivity (Wildman–Crippen MR) is 62.2 cm³/mol. The molecule has 3 N–H and O–H groups in total. The number of imidazole rings is 1. The van der Waals surface area contributed by atoms with E-state index in [1.807, 2.05) is 10.8 Å².